The molecule has 1 aromatic carbocycles. The third kappa shape index (κ3) is 2.91. The van der Waals surface area contributed by atoms with Gasteiger partial charge in [0.15, 0.2) is 6.79 Å². The van der Waals surface area contributed by atoms with Gasteiger partial charge in [-0.3, -0.25) is 0 Å². The van der Waals surface area contributed by atoms with Gasteiger partial charge in [-0.2, -0.15) is 0 Å². The first-order valence-corrected chi connectivity index (χ1v) is 3.72. The van der Waals surface area contributed by atoms with Gasteiger partial charge in [-0.25, -0.2) is 4.39 Å². The second-order valence-corrected chi connectivity index (χ2v) is 2.38. The number of ether oxygens (including phenoxy) is 3. The maximum atomic E-state index is 12.8. The molecule has 3 nitrogen and oxygen atoms in total. The Balaban J connectivity index is 2.76. The molecule has 0 radical (unpaired) electrons. The predicted octanol–water partition coefficient (Wildman–Crippen LogP) is 1.82. The molecule has 0 bridgehead atoms. The summed E-state index contributed by atoms with van der Waals surface area (Å²) < 4.78 is 27.4. The molecular weight excluding hydrogens is 175 g/mol. The first kappa shape index (κ1) is 9.80. The number of hydrogen-bond donors (Lipinski definition) is 0. The minimum absolute atomic E-state index is 0.0899. The molecule has 4 heteroatoms. The van der Waals surface area contributed by atoms with Crippen LogP contribution in [0.15, 0.2) is 18.2 Å². The van der Waals surface area contributed by atoms with Crippen LogP contribution in [0.4, 0.5) is 4.39 Å². The molecule has 0 unspecified atom stereocenters. The molecule has 0 aromatic heterocycles. The molecule has 1 aromatic rings. The standard InChI is InChI=1S/C9H11FO3/c1-11-6-13-9-4-7(10)3-8(5-9)12-2/h3-5H,6H2,1-2H3. The van der Waals surface area contributed by atoms with Gasteiger partial charge in [-0.1, -0.05) is 0 Å². The quantitative estimate of drug-likeness (QED) is 0.671. The minimum Gasteiger partial charge on any atom is -0.497 e. The maximum absolute atomic E-state index is 12.8. The van der Waals surface area contributed by atoms with Crippen LogP contribution in [-0.2, 0) is 4.74 Å². The highest BCUT2D eigenvalue weighted by atomic mass is 19.1. The summed E-state index contributed by atoms with van der Waals surface area (Å²) in [7, 11) is 2.96. The number of hydrogen-bond acceptors (Lipinski definition) is 3. The van der Waals surface area contributed by atoms with Gasteiger partial charge in [-0.15, -0.1) is 0 Å². The van der Waals surface area contributed by atoms with Gasteiger partial charge < -0.3 is 14.2 Å². The van der Waals surface area contributed by atoms with Crippen LogP contribution in [-0.4, -0.2) is 21.0 Å². The summed E-state index contributed by atoms with van der Waals surface area (Å²) >= 11 is 0. The minimum atomic E-state index is -0.398. The summed E-state index contributed by atoms with van der Waals surface area (Å²) in [6.45, 7) is 0.0899. The van der Waals surface area contributed by atoms with E-state index >= 15 is 0 Å². The van der Waals surface area contributed by atoms with Crippen LogP contribution in [0.3, 0.4) is 0 Å². The van der Waals surface area contributed by atoms with E-state index in [2.05, 4.69) is 4.74 Å². The van der Waals surface area contributed by atoms with Crippen molar-refractivity contribution in [1.29, 1.82) is 0 Å². The van der Waals surface area contributed by atoms with Crippen molar-refractivity contribution in [1.82, 2.24) is 0 Å². The van der Waals surface area contributed by atoms with Crippen molar-refractivity contribution in [2.75, 3.05) is 21.0 Å². The Morgan fingerprint density at radius 2 is 1.85 bits per heavy atom. The van der Waals surface area contributed by atoms with Crippen LogP contribution < -0.4 is 9.47 Å². The first-order valence-electron chi connectivity index (χ1n) is 3.72. The molecule has 0 N–H and O–H groups in total. The largest absolute Gasteiger partial charge is 0.497 e. The van der Waals surface area contributed by atoms with E-state index in [-0.39, 0.29) is 6.79 Å². The molecule has 0 atom stereocenters. The van der Waals surface area contributed by atoms with E-state index in [1.165, 1.54) is 26.4 Å². The molecule has 0 aliphatic rings. The smallest absolute Gasteiger partial charge is 0.188 e. The molecule has 72 valence electrons. The maximum Gasteiger partial charge on any atom is 0.188 e. The number of rotatable bonds is 4. The Morgan fingerprint density at radius 3 is 2.46 bits per heavy atom. The lowest BCUT2D eigenvalue weighted by Crippen LogP contribution is -1.99. The third-order valence-electron chi connectivity index (χ3n) is 1.42. The number of methoxy groups -OCH3 is 2. The normalized spacial score (nSPS) is 9.77. The van der Waals surface area contributed by atoms with Crippen molar-refractivity contribution in [3.63, 3.8) is 0 Å². The lowest BCUT2D eigenvalue weighted by molar-refractivity contribution is 0.0507. The summed E-state index contributed by atoms with van der Waals surface area (Å²) in [5.74, 6) is 0.412. The van der Waals surface area contributed by atoms with Gasteiger partial charge in [0, 0.05) is 25.3 Å². The van der Waals surface area contributed by atoms with E-state index in [9.17, 15) is 4.39 Å². The fourth-order valence-electron chi connectivity index (χ4n) is 0.865. The highest BCUT2D eigenvalue weighted by Gasteiger charge is 2.01. The monoisotopic (exact) mass is 186 g/mol. The molecule has 0 spiro atoms. The van der Waals surface area contributed by atoms with Crippen LogP contribution in [0.5, 0.6) is 11.5 Å². The van der Waals surface area contributed by atoms with Gasteiger partial charge in [0.1, 0.15) is 17.3 Å². The molecule has 0 aliphatic carbocycles. The number of benzene rings is 1. The van der Waals surface area contributed by atoms with Crippen LogP contribution in [0.25, 0.3) is 0 Å². The second kappa shape index (κ2) is 4.67. The fraction of sp³-hybridized carbons (Fsp3) is 0.333. The van der Waals surface area contributed by atoms with E-state index < -0.39 is 5.82 Å². The van der Waals surface area contributed by atoms with E-state index in [4.69, 9.17) is 9.47 Å². The Bertz CT molecular complexity index is 276. The van der Waals surface area contributed by atoms with Crippen LogP contribution in [0.1, 0.15) is 0 Å². The molecule has 1 rings (SSSR count). The lowest BCUT2D eigenvalue weighted by Gasteiger charge is -2.06. The zero-order valence-corrected chi connectivity index (χ0v) is 7.54. The predicted molar refractivity (Wildman–Crippen MR) is 45.5 cm³/mol. The first-order chi connectivity index (χ1) is 6.26. The fourth-order valence-corrected chi connectivity index (χ4v) is 0.865. The van der Waals surface area contributed by atoms with Gasteiger partial charge in [0.25, 0.3) is 0 Å². The Hall–Kier alpha value is -1.29. The van der Waals surface area contributed by atoms with Crippen LogP contribution in [0, 0.1) is 5.82 Å². The van der Waals surface area contributed by atoms with Crippen molar-refractivity contribution in [3.05, 3.63) is 24.0 Å². The second-order valence-electron chi connectivity index (χ2n) is 2.38. The third-order valence-corrected chi connectivity index (χ3v) is 1.42. The van der Waals surface area contributed by atoms with Gasteiger partial charge in [-0.05, 0) is 0 Å². The van der Waals surface area contributed by atoms with E-state index in [0.29, 0.717) is 11.5 Å². The van der Waals surface area contributed by atoms with E-state index in [1.54, 1.807) is 6.07 Å². The molecule has 0 aliphatic heterocycles. The summed E-state index contributed by atoms with van der Waals surface area (Å²) in [6.07, 6.45) is 0. The molecule has 13 heavy (non-hydrogen) atoms. The molecule has 0 saturated carbocycles. The van der Waals surface area contributed by atoms with Gasteiger partial charge in [0.2, 0.25) is 0 Å². The van der Waals surface area contributed by atoms with Gasteiger partial charge >= 0.3 is 0 Å². The summed E-state index contributed by atoms with van der Waals surface area (Å²) in [6, 6.07) is 4.13. The Kier molecular flexibility index (Phi) is 3.52. The Morgan fingerprint density at radius 1 is 1.15 bits per heavy atom. The zero-order valence-electron chi connectivity index (χ0n) is 7.54. The molecule has 0 amide bonds. The Labute approximate surface area is 76.0 Å². The molecule has 0 heterocycles. The van der Waals surface area contributed by atoms with Crippen LogP contribution in [0.2, 0.25) is 0 Å². The molecular formula is C9H11FO3. The van der Waals surface area contributed by atoms with Crippen molar-refractivity contribution in [2.45, 2.75) is 0 Å². The SMILES string of the molecule is COCOc1cc(F)cc(OC)c1. The zero-order chi connectivity index (χ0) is 9.68. The topological polar surface area (TPSA) is 27.7 Å². The van der Waals surface area contributed by atoms with Crippen molar-refractivity contribution >= 4 is 0 Å². The molecule has 0 saturated heterocycles. The van der Waals surface area contributed by atoms with Crippen LogP contribution >= 0.6 is 0 Å². The highest BCUT2D eigenvalue weighted by Crippen LogP contribution is 2.21. The average Bonchev–Trinajstić information content (AvgIpc) is 2.14. The summed E-state index contributed by atoms with van der Waals surface area (Å²) in [5.41, 5.74) is 0. The summed E-state index contributed by atoms with van der Waals surface area (Å²) in [4.78, 5) is 0. The molecule has 0 fully saturated rings. The summed E-state index contributed by atoms with van der Waals surface area (Å²) in [5, 5.41) is 0. The van der Waals surface area contributed by atoms with Crippen molar-refractivity contribution in [2.24, 2.45) is 0 Å². The van der Waals surface area contributed by atoms with Gasteiger partial charge in [0.05, 0.1) is 7.11 Å². The average molecular weight is 186 g/mol. The van der Waals surface area contributed by atoms with Crippen molar-refractivity contribution < 1.29 is 18.6 Å². The lowest BCUT2D eigenvalue weighted by atomic mass is 10.3. The van der Waals surface area contributed by atoms with E-state index in [1.807, 2.05) is 0 Å². The highest BCUT2D eigenvalue weighted by molar-refractivity contribution is 5.33. The number of halogens is 1. The van der Waals surface area contributed by atoms with E-state index in [0.717, 1.165) is 0 Å². The van der Waals surface area contributed by atoms with Crippen molar-refractivity contribution in [3.8, 4) is 11.5 Å².